The fourth-order valence-electron chi connectivity index (χ4n) is 7.26. The van der Waals surface area contributed by atoms with Crippen LogP contribution in [0, 0.1) is 20.8 Å². The largest absolute Gasteiger partial charge is 0.478 e. The Hall–Kier alpha value is -6.87. The topological polar surface area (TPSA) is 263 Å². The molecule has 16 nitrogen and oxygen atoms in total. The molecule has 7 N–H and O–H groups in total. The number of urea groups is 1. The van der Waals surface area contributed by atoms with E-state index < -0.39 is 57.0 Å². The molecule has 6 aromatic carbocycles. The third-order valence-corrected chi connectivity index (χ3v) is 12.8. The van der Waals surface area contributed by atoms with Crippen LogP contribution in [0.2, 0.25) is 0 Å². The highest BCUT2D eigenvalue weighted by Crippen LogP contribution is 2.44. The van der Waals surface area contributed by atoms with Crippen LogP contribution in [0.3, 0.4) is 0 Å². The Balaban J connectivity index is 1.28. The van der Waals surface area contributed by atoms with Crippen molar-refractivity contribution in [2.75, 3.05) is 16.0 Å². The molecule has 7 rings (SSSR count). The molecule has 0 bridgehead atoms. The molecule has 2 amide bonds. The van der Waals surface area contributed by atoms with E-state index in [0.29, 0.717) is 33.8 Å². The molecule has 0 spiro atoms. The van der Waals surface area contributed by atoms with Crippen LogP contribution in [0.25, 0.3) is 23.3 Å². The molecule has 0 saturated carbocycles. The lowest BCUT2D eigenvalue weighted by molar-refractivity contribution is 0.0696. The Kier molecular flexibility index (Phi) is 11.1. The van der Waals surface area contributed by atoms with Crippen LogP contribution in [-0.4, -0.2) is 56.0 Å². The van der Waals surface area contributed by atoms with Crippen LogP contribution in [0.4, 0.5) is 27.5 Å². The summed E-state index contributed by atoms with van der Waals surface area (Å²) in [6.07, 6.45) is 0. The van der Waals surface area contributed by atoms with Crippen LogP contribution in [0.15, 0.2) is 118 Å². The van der Waals surface area contributed by atoms with Gasteiger partial charge >= 0.3 is 12.0 Å². The number of anilines is 4. The molecule has 62 heavy (non-hydrogen) atoms. The molecule has 0 radical (unpaired) electrons. The van der Waals surface area contributed by atoms with Gasteiger partial charge in [0.2, 0.25) is 0 Å². The first kappa shape index (κ1) is 43.2. The number of ether oxygens (including phenoxy) is 1. The van der Waals surface area contributed by atoms with E-state index in [-0.39, 0.29) is 49.9 Å². The minimum Gasteiger partial charge on any atom is -0.478 e. The Labute approximate surface area is 355 Å². The highest BCUT2D eigenvalue weighted by atomic mass is 32.2. The summed E-state index contributed by atoms with van der Waals surface area (Å²) < 4.78 is 113. The predicted molar refractivity (Wildman–Crippen MR) is 231 cm³/mol. The molecule has 0 atom stereocenters. The summed E-state index contributed by atoms with van der Waals surface area (Å²) in [5, 5.41) is 17.5. The van der Waals surface area contributed by atoms with Crippen LogP contribution < -0.4 is 31.1 Å². The number of carboxylic acids is 1. The van der Waals surface area contributed by atoms with Gasteiger partial charge in [-0.2, -0.15) is 25.3 Å². The predicted octanol–water partition coefficient (Wildman–Crippen LogP) is 6.87. The zero-order valence-corrected chi connectivity index (χ0v) is 35.2. The van der Waals surface area contributed by atoms with E-state index in [2.05, 4.69) is 22.5 Å². The van der Waals surface area contributed by atoms with Gasteiger partial charge in [-0.05, 0) is 102 Å². The molecular formula is C43H35N3O13S3. The number of aromatic carboxylic acids is 1. The van der Waals surface area contributed by atoms with Crippen molar-refractivity contribution in [2.24, 2.45) is 0 Å². The Morgan fingerprint density at radius 1 is 0.613 bits per heavy atom. The summed E-state index contributed by atoms with van der Waals surface area (Å²) in [6.45, 7) is 8.83. The lowest BCUT2D eigenvalue weighted by Crippen LogP contribution is -2.25. The first-order chi connectivity index (χ1) is 29.0. The summed E-state index contributed by atoms with van der Waals surface area (Å²) in [5.41, 5.74) is 3.81. The van der Waals surface area contributed by atoms with E-state index >= 15 is 0 Å². The normalized spacial score (nSPS) is 12.5. The smallest absolute Gasteiger partial charge is 0.335 e. The van der Waals surface area contributed by atoms with Crippen LogP contribution in [-0.2, 0) is 30.4 Å². The summed E-state index contributed by atoms with van der Waals surface area (Å²) in [5.74, 6) is -1.22. The van der Waals surface area contributed by atoms with Crippen molar-refractivity contribution in [3.63, 3.8) is 0 Å². The molecule has 6 aromatic rings. The maximum absolute atomic E-state index is 13.3. The van der Waals surface area contributed by atoms with Gasteiger partial charge in [0.25, 0.3) is 30.4 Å². The Morgan fingerprint density at radius 2 is 1.19 bits per heavy atom. The van der Waals surface area contributed by atoms with Crippen LogP contribution in [0.1, 0.15) is 38.2 Å². The summed E-state index contributed by atoms with van der Waals surface area (Å²) in [7, 11) is -15.0. The third kappa shape index (κ3) is 8.53. The molecule has 0 saturated heterocycles. The van der Waals surface area contributed by atoms with E-state index in [0.717, 1.165) is 29.3 Å². The average molecular weight is 898 g/mol. The zero-order chi connectivity index (χ0) is 45.1. The van der Waals surface area contributed by atoms with Gasteiger partial charge in [0, 0.05) is 39.4 Å². The minimum atomic E-state index is -5.12. The van der Waals surface area contributed by atoms with E-state index in [1.165, 1.54) is 42.5 Å². The molecule has 19 heteroatoms. The number of carboxylic acid groups (broad SMARTS) is 1. The number of hydrogen-bond donors (Lipinski definition) is 7. The van der Waals surface area contributed by atoms with Crippen molar-refractivity contribution >= 4 is 77.3 Å². The second kappa shape index (κ2) is 15.9. The van der Waals surface area contributed by atoms with Crippen LogP contribution in [0.5, 0.6) is 11.5 Å². The number of hydrogen-bond acceptors (Lipinski definition) is 10. The van der Waals surface area contributed by atoms with Crippen molar-refractivity contribution in [2.45, 2.75) is 35.5 Å². The van der Waals surface area contributed by atoms with Crippen LogP contribution >= 0.6 is 0 Å². The zero-order valence-electron chi connectivity index (χ0n) is 32.7. The number of aryl methyl sites for hydroxylation is 2. The van der Waals surface area contributed by atoms with Gasteiger partial charge in [-0.3, -0.25) is 13.7 Å². The highest BCUT2D eigenvalue weighted by Gasteiger charge is 2.31. The number of carbonyl (C=O) groups excluding carboxylic acids is 1. The van der Waals surface area contributed by atoms with Gasteiger partial charge in [-0.25, -0.2) is 9.59 Å². The third-order valence-electron chi connectivity index (χ3n) is 10.1. The fourth-order valence-corrected chi connectivity index (χ4v) is 9.27. The standard InChI is InChI=1S/C43H35N3O13S3/c1-22-18-34-31(19-37(22)61(53,54)55)39(30-7-5-6-8-36(30)60(50,51)52)32-20-38(62(56,57)58)33(21-35(32)59-34)45-40-23(2)17-24(3)41(25(40)4)46-43(49)44-29-15-13-27(14-16-29)26-9-11-28(12-10-26)42(47)48/h5-21,45H,1H2,2-4H3,(H,47,48)(H2,44,46,49)(H,50,51,52)(H,53,54,55)(H,56,57,58). The SMILES string of the molecule is C=c1cc2c(cc1S(=O)(=O)O)=C(c1ccccc1S(=O)(=O)O)c1cc(S(=O)(=O)O)c(Nc3c(C)cc(C)c(NC(=O)Nc4ccc(-c5ccc(C(=O)O)cc5)cc4)c3C)cc1O2. The maximum Gasteiger partial charge on any atom is 0.335 e. The Morgan fingerprint density at radius 3 is 1.79 bits per heavy atom. The number of nitrogens with one attached hydrogen (secondary N) is 3. The lowest BCUT2D eigenvalue weighted by Gasteiger charge is -2.25. The van der Waals surface area contributed by atoms with Gasteiger partial charge in [0.15, 0.2) is 0 Å². The van der Waals surface area contributed by atoms with Gasteiger partial charge in [-0.1, -0.05) is 55.1 Å². The summed E-state index contributed by atoms with van der Waals surface area (Å²) in [4.78, 5) is 22.5. The van der Waals surface area contributed by atoms with E-state index in [1.807, 2.05) is 0 Å². The monoisotopic (exact) mass is 897 g/mol. The number of benzene rings is 6. The van der Waals surface area contributed by atoms with Gasteiger partial charge in [-0.15, -0.1) is 0 Å². The van der Waals surface area contributed by atoms with Crippen molar-refractivity contribution in [3.05, 3.63) is 147 Å². The molecule has 0 unspecified atom stereocenters. The molecular weight excluding hydrogens is 863 g/mol. The Bertz CT molecular complexity index is 3350. The average Bonchev–Trinajstić information content (AvgIpc) is 3.19. The van der Waals surface area contributed by atoms with Crippen molar-refractivity contribution < 1.29 is 58.3 Å². The van der Waals surface area contributed by atoms with Gasteiger partial charge in [0.1, 0.15) is 26.2 Å². The summed E-state index contributed by atoms with van der Waals surface area (Å²) in [6, 6.07) is 23.7. The number of carbonyl (C=O) groups is 2. The van der Waals surface area contributed by atoms with E-state index in [9.17, 15) is 53.6 Å². The van der Waals surface area contributed by atoms with Gasteiger partial charge in [0.05, 0.1) is 16.9 Å². The second-order valence-electron chi connectivity index (χ2n) is 14.2. The first-order valence-electron chi connectivity index (χ1n) is 18.2. The molecule has 1 aliphatic rings. The molecule has 1 aliphatic heterocycles. The molecule has 0 fully saturated rings. The first-order valence-corrected chi connectivity index (χ1v) is 22.5. The van der Waals surface area contributed by atoms with E-state index in [1.54, 1.807) is 63.2 Å². The van der Waals surface area contributed by atoms with Crippen molar-refractivity contribution in [1.82, 2.24) is 0 Å². The molecule has 0 aliphatic carbocycles. The maximum atomic E-state index is 13.3. The van der Waals surface area contributed by atoms with Crippen molar-refractivity contribution in [3.8, 4) is 22.6 Å². The molecule has 1 heterocycles. The molecule has 318 valence electrons. The lowest BCUT2D eigenvalue weighted by atomic mass is 9.92. The molecule has 0 aromatic heterocycles. The quantitative estimate of drug-likeness (QED) is 0.0692. The van der Waals surface area contributed by atoms with Gasteiger partial charge < -0.3 is 25.8 Å². The highest BCUT2D eigenvalue weighted by molar-refractivity contribution is 7.86. The second-order valence-corrected chi connectivity index (χ2v) is 18.4. The summed E-state index contributed by atoms with van der Waals surface area (Å²) >= 11 is 0. The minimum absolute atomic E-state index is 0.0789. The van der Waals surface area contributed by atoms with Crippen molar-refractivity contribution in [1.29, 1.82) is 0 Å². The number of fused-ring (bicyclic) bond motifs is 2. The number of rotatable bonds is 10. The van der Waals surface area contributed by atoms with E-state index in [4.69, 9.17) is 4.74 Å². The fraction of sp³-hybridized carbons (Fsp3) is 0.0698. The number of amides is 2.